The van der Waals surface area contributed by atoms with Crippen molar-refractivity contribution < 1.29 is 22.8 Å². The zero-order chi connectivity index (χ0) is 22.0. The maximum Gasteiger partial charge on any atom is 0.416 e. The number of nitrogens with zero attached hydrogens (tertiary/aromatic N) is 5. The lowest BCUT2D eigenvalue weighted by atomic mass is 10.0. The average molecular weight is 435 g/mol. The van der Waals surface area contributed by atoms with E-state index in [9.17, 15) is 22.8 Å². The number of piperidine rings is 2. The molecule has 2 fully saturated rings. The van der Waals surface area contributed by atoms with E-state index in [1.807, 2.05) is 0 Å². The summed E-state index contributed by atoms with van der Waals surface area (Å²) < 4.78 is 40.4. The van der Waals surface area contributed by atoms with E-state index in [1.54, 1.807) is 20.7 Å². The Morgan fingerprint density at radius 1 is 0.935 bits per heavy atom. The third-order valence-corrected chi connectivity index (χ3v) is 5.94. The van der Waals surface area contributed by atoms with Crippen LogP contribution in [0.2, 0.25) is 0 Å². The quantitative estimate of drug-likeness (QED) is 0.741. The lowest BCUT2D eigenvalue weighted by molar-refractivity contribution is -0.137. The summed E-state index contributed by atoms with van der Waals surface area (Å²) in [4.78, 5) is 28.6. The van der Waals surface area contributed by atoms with Gasteiger partial charge in [-0.3, -0.25) is 9.59 Å². The summed E-state index contributed by atoms with van der Waals surface area (Å²) in [5.41, 5.74) is -0.477. The number of amides is 2. The molecule has 0 bridgehead atoms. The van der Waals surface area contributed by atoms with Crippen molar-refractivity contribution in [1.29, 1.82) is 0 Å². The maximum absolute atomic E-state index is 12.9. The minimum atomic E-state index is -4.49. The molecule has 7 nitrogen and oxygen atoms in total. The van der Waals surface area contributed by atoms with Crippen LogP contribution in [-0.2, 0) is 6.18 Å². The summed E-state index contributed by atoms with van der Waals surface area (Å²) in [6, 6.07) is 4.49. The first-order valence-electron chi connectivity index (χ1n) is 10.5. The van der Waals surface area contributed by atoms with E-state index < -0.39 is 17.6 Å². The fourth-order valence-electron chi connectivity index (χ4n) is 4.16. The fraction of sp³-hybridized carbons (Fsp3) is 0.524. The zero-order valence-electron chi connectivity index (χ0n) is 17.0. The van der Waals surface area contributed by atoms with E-state index in [4.69, 9.17) is 0 Å². The first-order valence-corrected chi connectivity index (χ1v) is 10.5. The van der Waals surface area contributed by atoms with Gasteiger partial charge in [-0.25, -0.2) is 4.68 Å². The van der Waals surface area contributed by atoms with Gasteiger partial charge in [0.25, 0.3) is 11.8 Å². The topological polar surface area (TPSA) is 71.3 Å². The van der Waals surface area contributed by atoms with Crippen LogP contribution in [0.3, 0.4) is 0 Å². The Balaban J connectivity index is 1.36. The van der Waals surface area contributed by atoms with Crippen molar-refractivity contribution in [1.82, 2.24) is 24.8 Å². The van der Waals surface area contributed by atoms with E-state index in [0.29, 0.717) is 31.6 Å². The van der Waals surface area contributed by atoms with Gasteiger partial charge >= 0.3 is 6.18 Å². The minimum absolute atomic E-state index is 0.0130. The van der Waals surface area contributed by atoms with Crippen LogP contribution in [0.15, 0.2) is 30.5 Å². The summed E-state index contributed by atoms with van der Waals surface area (Å²) in [6.45, 7) is 2.27. The summed E-state index contributed by atoms with van der Waals surface area (Å²) in [5, 5.41) is 8.15. The predicted molar refractivity (Wildman–Crippen MR) is 105 cm³/mol. The van der Waals surface area contributed by atoms with E-state index in [1.165, 1.54) is 12.1 Å². The van der Waals surface area contributed by atoms with Gasteiger partial charge in [-0.05, 0) is 50.3 Å². The number of halogens is 3. The number of aromatic nitrogens is 3. The summed E-state index contributed by atoms with van der Waals surface area (Å²) in [6.07, 6.45) is 1.48. The number of alkyl halides is 3. The molecule has 1 aromatic heterocycles. The Hall–Kier alpha value is -2.91. The largest absolute Gasteiger partial charge is 0.416 e. The SMILES string of the molecule is O=C(c1cccc(C(F)(F)F)c1)N1CCC(n2cc(C(=O)N3CCCCC3)nn2)CC1. The molecule has 0 atom stereocenters. The zero-order valence-corrected chi connectivity index (χ0v) is 17.0. The van der Waals surface area contributed by atoms with Crippen molar-refractivity contribution >= 4 is 11.8 Å². The lowest BCUT2D eigenvalue weighted by Crippen LogP contribution is -2.39. The van der Waals surface area contributed by atoms with Crippen LogP contribution in [0.4, 0.5) is 13.2 Å². The lowest BCUT2D eigenvalue weighted by Gasteiger charge is -2.32. The molecule has 10 heteroatoms. The number of benzene rings is 1. The second-order valence-electron chi connectivity index (χ2n) is 8.04. The van der Waals surface area contributed by atoms with Gasteiger partial charge in [-0.15, -0.1) is 5.10 Å². The van der Waals surface area contributed by atoms with Gasteiger partial charge in [0.2, 0.25) is 0 Å². The molecule has 0 saturated carbocycles. The predicted octanol–water partition coefficient (Wildman–Crippen LogP) is 3.40. The highest BCUT2D eigenvalue weighted by Gasteiger charge is 2.32. The molecule has 31 heavy (non-hydrogen) atoms. The molecule has 0 radical (unpaired) electrons. The van der Waals surface area contributed by atoms with Gasteiger partial charge in [0.05, 0.1) is 17.8 Å². The van der Waals surface area contributed by atoms with Crippen molar-refractivity contribution in [3.05, 3.63) is 47.3 Å². The van der Waals surface area contributed by atoms with Gasteiger partial charge in [0, 0.05) is 31.7 Å². The molecular formula is C21H24F3N5O2. The average Bonchev–Trinajstić information content (AvgIpc) is 3.28. The van der Waals surface area contributed by atoms with Crippen LogP contribution in [-0.4, -0.2) is 62.8 Å². The van der Waals surface area contributed by atoms with Crippen molar-refractivity contribution in [3.63, 3.8) is 0 Å². The number of hydrogen-bond acceptors (Lipinski definition) is 4. The highest BCUT2D eigenvalue weighted by Crippen LogP contribution is 2.30. The van der Waals surface area contributed by atoms with E-state index in [-0.39, 0.29) is 17.5 Å². The van der Waals surface area contributed by atoms with E-state index in [0.717, 1.165) is 44.5 Å². The summed E-state index contributed by atoms with van der Waals surface area (Å²) in [5.74, 6) is -0.521. The van der Waals surface area contributed by atoms with Crippen molar-refractivity contribution in [3.8, 4) is 0 Å². The molecule has 2 aromatic rings. The summed E-state index contributed by atoms with van der Waals surface area (Å²) >= 11 is 0. The Morgan fingerprint density at radius 3 is 2.29 bits per heavy atom. The highest BCUT2D eigenvalue weighted by molar-refractivity contribution is 5.94. The molecule has 0 aliphatic carbocycles. The molecule has 0 unspecified atom stereocenters. The molecule has 4 rings (SSSR count). The molecule has 3 heterocycles. The number of rotatable bonds is 3. The van der Waals surface area contributed by atoms with Crippen molar-refractivity contribution in [2.24, 2.45) is 0 Å². The van der Waals surface area contributed by atoms with Crippen LogP contribution in [0, 0.1) is 0 Å². The van der Waals surface area contributed by atoms with Gasteiger partial charge in [-0.2, -0.15) is 13.2 Å². The summed E-state index contributed by atoms with van der Waals surface area (Å²) in [7, 11) is 0. The van der Waals surface area contributed by atoms with E-state index >= 15 is 0 Å². The third-order valence-electron chi connectivity index (χ3n) is 5.94. The van der Waals surface area contributed by atoms with Gasteiger partial charge in [0.1, 0.15) is 0 Å². The van der Waals surface area contributed by atoms with Crippen LogP contribution >= 0.6 is 0 Å². The molecule has 2 aliphatic heterocycles. The van der Waals surface area contributed by atoms with E-state index in [2.05, 4.69) is 10.3 Å². The number of carbonyl (C=O) groups is 2. The Kier molecular flexibility index (Phi) is 5.97. The fourth-order valence-corrected chi connectivity index (χ4v) is 4.16. The maximum atomic E-state index is 12.9. The molecular weight excluding hydrogens is 411 g/mol. The van der Waals surface area contributed by atoms with Crippen LogP contribution in [0.5, 0.6) is 0 Å². The first-order chi connectivity index (χ1) is 14.8. The number of carbonyl (C=O) groups excluding carboxylic acids is 2. The van der Waals surface area contributed by atoms with Gasteiger partial charge < -0.3 is 9.80 Å². The number of hydrogen-bond donors (Lipinski definition) is 0. The molecule has 0 spiro atoms. The second kappa shape index (κ2) is 8.68. The second-order valence-corrected chi connectivity index (χ2v) is 8.04. The first kappa shape index (κ1) is 21.3. The smallest absolute Gasteiger partial charge is 0.338 e. The molecule has 1 aromatic carbocycles. The van der Waals surface area contributed by atoms with Gasteiger partial charge in [0.15, 0.2) is 5.69 Å². The van der Waals surface area contributed by atoms with Crippen LogP contribution in [0.25, 0.3) is 0 Å². The Morgan fingerprint density at radius 2 is 1.61 bits per heavy atom. The highest BCUT2D eigenvalue weighted by atomic mass is 19.4. The number of likely N-dealkylation sites (tertiary alicyclic amines) is 2. The minimum Gasteiger partial charge on any atom is -0.338 e. The Bertz CT molecular complexity index is 944. The molecule has 0 N–H and O–H groups in total. The van der Waals surface area contributed by atoms with Crippen molar-refractivity contribution in [2.75, 3.05) is 26.2 Å². The molecule has 166 valence electrons. The third kappa shape index (κ3) is 4.72. The molecule has 2 saturated heterocycles. The standard InChI is InChI=1S/C21H24F3N5O2/c22-21(23,24)16-6-4-5-15(13-16)19(30)28-11-7-17(8-12-28)29-14-18(25-26-29)20(31)27-9-2-1-3-10-27/h4-6,13-14,17H,1-3,7-12H2. The normalized spacial score (nSPS) is 18.3. The molecule has 2 aliphatic rings. The Labute approximate surface area is 177 Å². The van der Waals surface area contributed by atoms with Crippen LogP contribution in [0.1, 0.15) is 64.6 Å². The van der Waals surface area contributed by atoms with Gasteiger partial charge in [-0.1, -0.05) is 11.3 Å². The van der Waals surface area contributed by atoms with Crippen LogP contribution < -0.4 is 0 Å². The van der Waals surface area contributed by atoms with Crippen molar-refractivity contribution in [2.45, 2.75) is 44.3 Å². The monoisotopic (exact) mass is 435 g/mol. The molecule has 2 amide bonds.